The second-order valence-corrected chi connectivity index (χ2v) is 10.7. The minimum absolute atomic E-state index is 0.0769. The van der Waals surface area contributed by atoms with E-state index in [0.717, 1.165) is 0 Å². The normalized spacial score (nSPS) is 29.2. The fourth-order valence-corrected chi connectivity index (χ4v) is 5.82. The van der Waals surface area contributed by atoms with Crippen molar-refractivity contribution < 1.29 is 34.8 Å². The van der Waals surface area contributed by atoms with Crippen molar-refractivity contribution in [3.05, 3.63) is 45.7 Å². The van der Waals surface area contributed by atoms with Crippen LogP contribution in [0.15, 0.2) is 29.0 Å². The van der Waals surface area contributed by atoms with Gasteiger partial charge < -0.3 is 26.2 Å². The molecule has 0 saturated heterocycles. The minimum Gasteiger partial charge on any atom is -0.508 e. The number of primary amides is 1. The number of rotatable bonds is 2. The molecule has 0 bridgehead atoms. The summed E-state index contributed by atoms with van der Waals surface area (Å²) < 4.78 is 0. The highest BCUT2D eigenvalue weighted by molar-refractivity contribution is 6.24. The highest BCUT2D eigenvalue weighted by Crippen LogP contribution is 2.53. The maximum absolute atomic E-state index is 13.8. The molecule has 4 atom stereocenters. The average Bonchev–Trinajstić information content (AvgIpc) is 2.69. The summed E-state index contributed by atoms with van der Waals surface area (Å²) in [7, 11) is 3.14. The third-order valence-corrected chi connectivity index (χ3v) is 7.40. The molecule has 4 rings (SSSR count). The zero-order chi connectivity index (χ0) is 25.5. The lowest BCUT2D eigenvalue weighted by Gasteiger charge is -2.50. The number of Topliss-reactive ketones (excluding diaryl/α,β-unsaturated/α-hetero) is 2. The van der Waals surface area contributed by atoms with Crippen LogP contribution in [0.5, 0.6) is 5.75 Å². The van der Waals surface area contributed by atoms with Gasteiger partial charge in [0.1, 0.15) is 22.8 Å². The highest BCUT2D eigenvalue weighted by atomic mass is 16.3. The number of ketones is 2. The van der Waals surface area contributed by atoms with Gasteiger partial charge in [-0.1, -0.05) is 32.9 Å². The van der Waals surface area contributed by atoms with Gasteiger partial charge in [-0.15, -0.1) is 0 Å². The summed E-state index contributed by atoms with van der Waals surface area (Å²) in [6.07, 6.45) is 0.361. The average molecular weight is 471 g/mol. The summed E-state index contributed by atoms with van der Waals surface area (Å²) in [6, 6.07) is 2.49. The van der Waals surface area contributed by atoms with E-state index in [1.54, 1.807) is 26.2 Å². The molecular weight excluding hydrogens is 440 g/mol. The van der Waals surface area contributed by atoms with Gasteiger partial charge >= 0.3 is 0 Å². The molecule has 1 amide bonds. The third-order valence-electron chi connectivity index (χ3n) is 7.40. The van der Waals surface area contributed by atoms with Gasteiger partial charge in [0.25, 0.3) is 5.91 Å². The first-order valence-electron chi connectivity index (χ1n) is 11.1. The Bertz CT molecular complexity index is 1200. The van der Waals surface area contributed by atoms with Gasteiger partial charge in [-0.2, -0.15) is 0 Å². The Morgan fingerprint density at radius 2 is 1.76 bits per heavy atom. The Morgan fingerprint density at radius 1 is 1.15 bits per heavy atom. The quantitative estimate of drug-likeness (QED) is 0.404. The first-order valence-corrected chi connectivity index (χ1v) is 11.1. The van der Waals surface area contributed by atoms with Gasteiger partial charge in [0.15, 0.2) is 11.4 Å². The van der Waals surface area contributed by atoms with Crippen molar-refractivity contribution in [2.75, 3.05) is 14.1 Å². The number of hydrogen-bond donors (Lipinski definition) is 5. The van der Waals surface area contributed by atoms with E-state index < -0.39 is 63.5 Å². The second kappa shape index (κ2) is 7.41. The van der Waals surface area contributed by atoms with Crippen LogP contribution in [0.1, 0.15) is 43.9 Å². The first kappa shape index (κ1) is 24.0. The molecule has 6 N–H and O–H groups in total. The lowest BCUT2D eigenvalue weighted by atomic mass is 9.57. The van der Waals surface area contributed by atoms with E-state index in [-0.39, 0.29) is 29.7 Å². The number of aromatic hydroxyl groups is 1. The smallest absolute Gasteiger partial charge is 0.255 e. The fourth-order valence-electron chi connectivity index (χ4n) is 5.82. The highest BCUT2D eigenvalue weighted by Gasteiger charge is 2.64. The molecule has 3 aliphatic carbocycles. The van der Waals surface area contributed by atoms with Crippen LogP contribution in [0.4, 0.5) is 0 Å². The van der Waals surface area contributed by atoms with E-state index >= 15 is 0 Å². The Hall–Kier alpha value is -3.17. The Kier molecular flexibility index (Phi) is 5.23. The summed E-state index contributed by atoms with van der Waals surface area (Å²) in [6.45, 7) is 5.70. The number of amides is 1. The number of phenolic OH excluding ortho intramolecular Hbond substituents is 1. The zero-order valence-corrected chi connectivity index (χ0v) is 19.8. The molecule has 3 aliphatic rings. The topological polar surface area (TPSA) is 161 Å². The number of carbonyl (C=O) groups excluding carboxylic acids is 3. The van der Waals surface area contributed by atoms with Crippen LogP contribution in [0.2, 0.25) is 0 Å². The number of phenols is 1. The summed E-state index contributed by atoms with van der Waals surface area (Å²) in [5, 5.41) is 44.6. The van der Waals surface area contributed by atoms with Gasteiger partial charge in [-0.05, 0) is 43.8 Å². The molecule has 0 aromatic heterocycles. The number of aliphatic hydroxyl groups is 3. The van der Waals surface area contributed by atoms with Crippen molar-refractivity contribution in [2.24, 2.45) is 17.6 Å². The summed E-state index contributed by atoms with van der Waals surface area (Å²) in [5.41, 5.74) is 2.62. The van der Waals surface area contributed by atoms with Crippen molar-refractivity contribution in [3.8, 4) is 5.75 Å². The van der Waals surface area contributed by atoms with E-state index in [4.69, 9.17) is 5.73 Å². The molecule has 2 unspecified atom stereocenters. The first-order chi connectivity index (χ1) is 15.6. The maximum atomic E-state index is 13.8. The fraction of sp³-hybridized carbons (Fsp3) is 0.480. The molecule has 1 aromatic rings. The predicted molar refractivity (Wildman–Crippen MR) is 123 cm³/mol. The van der Waals surface area contributed by atoms with E-state index in [9.17, 15) is 34.8 Å². The third kappa shape index (κ3) is 3.03. The van der Waals surface area contributed by atoms with Crippen molar-refractivity contribution in [1.82, 2.24) is 4.90 Å². The Morgan fingerprint density at radius 3 is 2.29 bits per heavy atom. The SMILES string of the molecule is CN(C)[C@@H]1C(=O)C(C(N)=O)=C(O)[C@@]2(O)C(=O)C3=C(O)c4c(ccc(C(C)(C)C)c4O)CC3CC12. The number of likely N-dealkylation sites (N-methyl/N-ethyl adjacent to an activating group) is 1. The van der Waals surface area contributed by atoms with Crippen molar-refractivity contribution >= 4 is 23.2 Å². The lowest BCUT2D eigenvalue weighted by molar-refractivity contribution is -0.153. The molecule has 0 spiro atoms. The zero-order valence-electron chi connectivity index (χ0n) is 19.8. The molecule has 1 fully saturated rings. The number of nitrogens with zero attached hydrogens (tertiary/aromatic N) is 1. The molecular formula is C25H30N2O7. The van der Waals surface area contributed by atoms with Gasteiger partial charge in [0, 0.05) is 17.1 Å². The van der Waals surface area contributed by atoms with Gasteiger partial charge in [-0.3, -0.25) is 19.3 Å². The van der Waals surface area contributed by atoms with Crippen molar-refractivity contribution in [1.29, 1.82) is 0 Å². The van der Waals surface area contributed by atoms with Gasteiger partial charge in [-0.25, -0.2) is 0 Å². The molecule has 1 saturated carbocycles. The number of carbonyl (C=O) groups is 3. The van der Waals surface area contributed by atoms with Crippen LogP contribution >= 0.6 is 0 Å². The van der Waals surface area contributed by atoms with E-state index in [1.165, 1.54) is 4.90 Å². The Balaban J connectivity index is 1.97. The molecule has 9 heteroatoms. The Labute approximate surface area is 197 Å². The minimum atomic E-state index is -2.62. The lowest BCUT2D eigenvalue weighted by Crippen LogP contribution is -2.65. The summed E-state index contributed by atoms with van der Waals surface area (Å²) in [5.74, 6) is -6.38. The number of hydrogen-bond acceptors (Lipinski definition) is 8. The van der Waals surface area contributed by atoms with Crippen LogP contribution in [0.25, 0.3) is 5.76 Å². The number of nitrogens with two attached hydrogens (primary N) is 1. The standard InChI is InChI=1S/C25H30N2O7/c1-24(2,3)12-7-6-10-8-11-9-13-17(27(4)5)20(30)16(23(26)33)22(32)25(13,34)21(31)15(11)19(29)14(10)18(12)28/h6-7,11,13,17,28-29,32,34H,8-9H2,1-5H3,(H2,26,33)/t11?,13?,17-,25-/m0/s1. The van der Waals surface area contributed by atoms with Crippen LogP contribution in [0.3, 0.4) is 0 Å². The number of benzene rings is 1. The van der Waals surface area contributed by atoms with Gasteiger partial charge in [0.2, 0.25) is 5.78 Å². The van der Waals surface area contributed by atoms with Gasteiger partial charge in [0.05, 0.1) is 11.6 Å². The summed E-state index contributed by atoms with van der Waals surface area (Å²) in [4.78, 5) is 40.3. The molecule has 182 valence electrons. The molecule has 0 heterocycles. The van der Waals surface area contributed by atoms with Crippen molar-refractivity contribution in [2.45, 2.75) is 50.7 Å². The second-order valence-electron chi connectivity index (χ2n) is 10.7. The predicted octanol–water partition coefficient (Wildman–Crippen LogP) is 1.26. The van der Waals surface area contributed by atoms with Crippen LogP contribution in [-0.4, -0.2) is 68.5 Å². The maximum Gasteiger partial charge on any atom is 0.255 e. The largest absolute Gasteiger partial charge is 0.508 e. The van der Waals surface area contributed by atoms with E-state index in [2.05, 4.69) is 0 Å². The number of aliphatic hydroxyl groups excluding tert-OH is 2. The van der Waals surface area contributed by atoms with E-state index in [0.29, 0.717) is 11.1 Å². The van der Waals surface area contributed by atoms with Crippen LogP contribution in [-0.2, 0) is 26.2 Å². The monoisotopic (exact) mass is 470 g/mol. The molecule has 1 aromatic carbocycles. The van der Waals surface area contributed by atoms with E-state index in [1.807, 2.05) is 20.8 Å². The summed E-state index contributed by atoms with van der Waals surface area (Å²) >= 11 is 0. The van der Waals surface area contributed by atoms with Crippen molar-refractivity contribution in [3.63, 3.8) is 0 Å². The van der Waals surface area contributed by atoms with Crippen LogP contribution in [0, 0.1) is 11.8 Å². The molecule has 0 aliphatic heterocycles. The molecule has 0 radical (unpaired) electrons. The number of fused-ring (bicyclic) bond motifs is 3. The van der Waals surface area contributed by atoms with Crippen LogP contribution < -0.4 is 5.73 Å². The molecule has 34 heavy (non-hydrogen) atoms. The molecule has 9 nitrogen and oxygen atoms in total.